The number of benzene rings is 2. The average Bonchev–Trinajstić information content (AvgIpc) is 2.69. The zero-order valence-corrected chi connectivity index (χ0v) is 17.7. The van der Waals surface area contributed by atoms with Crippen molar-refractivity contribution in [3.63, 3.8) is 0 Å². The van der Waals surface area contributed by atoms with Gasteiger partial charge in [-0.1, -0.05) is 60.7 Å². The Kier molecular flexibility index (Phi) is 7.79. The molecule has 2 aromatic carbocycles. The van der Waals surface area contributed by atoms with Gasteiger partial charge in [0, 0.05) is 13.0 Å². The molecule has 0 aliphatic carbocycles. The summed E-state index contributed by atoms with van der Waals surface area (Å²) in [6.45, 7) is 5.34. The van der Waals surface area contributed by atoms with E-state index < -0.39 is 17.7 Å². The van der Waals surface area contributed by atoms with Crippen molar-refractivity contribution < 1.29 is 19.2 Å². The number of nitrogens with one attached hydrogen (secondary N) is 1. The fourth-order valence-electron chi connectivity index (χ4n) is 3.05. The molecule has 0 unspecified atom stereocenters. The van der Waals surface area contributed by atoms with E-state index in [0.717, 1.165) is 16.2 Å². The van der Waals surface area contributed by atoms with Crippen LogP contribution in [0, 0.1) is 0 Å². The summed E-state index contributed by atoms with van der Waals surface area (Å²) in [6, 6.07) is 19.0. The standard InChI is InChI=1S/C23H30N2O4/c1-23(2,3)29-22(27)24-20(21(26)25(4)28-5)16-19(17-12-8-6-9-13-17)18-14-10-7-11-15-18/h6-15,19-20H,16H2,1-5H3,(H,24,27)/t20-/m1/s1. The van der Waals surface area contributed by atoms with Crippen LogP contribution in [0.15, 0.2) is 60.7 Å². The Morgan fingerprint density at radius 2 is 1.45 bits per heavy atom. The van der Waals surface area contributed by atoms with E-state index in [2.05, 4.69) is 5.32 Å². The Hall–Kier alpha value is -2.86. The Morgan fingerprint density at radius 1 is 0.966 bits per heavy atom. The first kappa shape index (κ1) is 22.4. The molecule has 0 heterocycles. The highest BCUT2D eigenvalue weighted by Crippen LogP contribution is 2.29. The zero-order valence-electron chi connectivity index (χ0n) is 17.7. The van der Waals surface area contributed by atoms with Gasteiger partial charge in [0.1, 0.15) is 11.6 Å². The number of carbonyl (C=O) groups is 2. The maximum absolute atomic E-state index is 12.9. The molecule has 2 rings (SSSR count). The van der Waals surface area contributed by atoms with Crippen LogP contribution >= 0.6 is 0 Å². The van der Waals surface area contributed by atoms with E-state index >= 15 is 0 Å². The van der Waals surface area contributed by atoms with Gasteiger partial charge >= 0.3 is 6.09 Å². The second kappa shape index (κ2) is 10.1. The molecule has 2 aromatic rings. The lowest BCUT2D eigenvalue weighted by Gasteiger charge is -2.28. The predicted octanol–water partition coefficient (Wildman–Crippen LogP) is 4.12. The summed E-state index contributed by atoms with van der Waals surface area (Å²) in [6.07, 6.45) is -0.278. The molecule has 2 amide bonds. The van der Waals surface area contributed by atoms with Crippen LogP contribution in [0.1, 0.15) is 44.2 Å². The van der Waals surface area contributed by atoms with E-state index in [1.165, 1.54) is 14.2 Å². The van der Waals surface area contributed by atoms with Crippen molar-refractivity contribution in [3.05, 3.63) is 71.8 Å². The number of hydrogen-bond acceptors (Lipinski definition) is 4. The fourth-order valence-corrected chi connectivity index (χ4v) is 3.05. The van der Waals surface area contributed by atoms with Crippen molar-refractivity contribution in [3.8, 4) is 0 Å². The molecule has 1 atom stereocenters. The number of alkyl carbamates (subject to hydrolysis) is 1. The van der Waals surface area contributed by atoms with Gasteiger partial charge in [0.25, 0.3) is 5.91 Å². The monoisotopic (exact) mass is 398 g/mol. The van der Waals surface area contributed by atoms with E-state index in [-0.39, 0.29) is 11.8 Å². The summed E-state index contributed by atoms with van der Waals surface area (Å²) < 4.78 is 5.36. The summed E-state index contributed by atoms with van der Waals surface area (Å²) in [5, 5.41) is 3.85. The Labute approximate surface area is 172 Å². The molecule has 6 nitrogen and oxygen atoms in total. The summed E-state index contributed by atoms with van der Waals surface area (Å²) in [5.41, 5.74) is 1.45. The van der Waals surface area contributed by atoms with Crippen LogP contribution in [0.25, 0.3) is 0 Å². The summed E-state index contributed by atoms with van der Waals surface area (Å²) in [4.78, 5) is 30.4. The third-order valence-corrected chi connectivity index (χ3v) is 4.45. The van der Waals surface area contributed by atoms with Crippen molar-refractivity contribution in [2.24, 2.45) is 0 Å². The minimum absolute atomic E-state index is 0.0912. The molecule has 0 aromatic heterocycles. The van der Waals surface area contributed by atoms with Crippen molar-refractivity contribution in [2.45, 2.75) is 44.8 Å². The first-order chi connectivity index (χ1) is 13.7. The van der Waals surface area contributed by atoms with E-state index in [4.69, 9.17) is 9.57 Å². The molecule has 6 heteroatoms. The van der Waals surface area contributed by atoms with Gasteiger partial charge in [0.05, 0.1) is 7.11 Å². The van der Waals surface area contributed by atoms with E-state index in [1.807, 2.05) is 60.7 Å². The molecular weight excluding hydrogens is 368 g/mol. The van der Waals surface area contributed by atoms with Gasteiger partial charge in [-0.2, -0.15) is 0 Å². The molecule has 1 N–H and O–H groups in total. The van der Waals surface area contributed by atoms with Crippen LogP contribution in [-0.2, 0) is 14.4 Å². The number of carbonyl (C=O) groups excluding carboxylic acids is 2. The molecule has 0 radical (unpaired) electrons. The van der Waals surface area contributed by atoms with Crippen LogP contribution in [0.5, 0.6) is 0 Å². The number of hydroxylamine groups is 2. The SMILES string of the molecule is CON(C)C(=O)[C@@H](CC(c1ccccc1)c1ccccc1)NC(=O)OC(C)(C)C. The number of hydrogen-bond donors (Lipinski definition) is 1. The van der Waals surface area contributed by atoms with Crippen LogP contribution in [-0.4, -0.2) is 42.9 Å². The minimum Gasteiger partial charge on any atom is -0.444 e. The average molecular weight is 399 g/mol. The second-order valence-electron chi connectivity index (χ2n) is 7.83. The van der Waals surface area contributed by atoms with Gasteiger partial charge in [0.2, 0.25) is 0 Å². The molecule has 0 saturated carbocycles. The Morgan fingerprint density at radius 3 is 1.86 bits per heavy atom. The molecule has 29 heavy (non-hydrogen) atoms. The summed E-state index contributed by atoms with van der Waals surface area (Å²) in [7, 11) is 2.93. The molecule has 0 aliphatic heterocycles. The van der Waals surface area contributed by atoms with Crippen molar-refractivity contribution in [1.82, 2.24) is 10.4 Å². The minimum atomic E-state index is -0.819. The Balaban J connectivity index is 2.34. The highest BCUT2D eigenvalue weighted by atomic mass is 16.7. The first-order valence-electron chi connectivity index (χ1n) is 9.62. The molecular formula is C23H30N2O4. The van der Waals surface area contributed by atoms with Crippen molar-refractivity contribution in [1.29, 1.82) is 0 Å². The topological polar surface area (TPSA) is 67.9 Å². The molecule has 0 aliphatic rings. The number of rotatable bonds is 7. The van der Waals surface area contributed by atoms with E-state index in [0.29, 0.717) is 6.42 Å². The van der Waals surface area contributed by atoms with Crippen LogP contribution in [0.4, 0.5) is 4.79 Å². The van der Waals surface area contributed by atoms with Crippen molar-refractivity contribution >= 4 is 12.0 Å². The smallest absolute Gasteiger partial charge is 0.408 e. The molecule has 156 valence electrons. The van der Waals surface area contributed by atoms with Gasteiger partial charge in [-0.05, 0) is 38.3 Å². The fraction of sp³-hybridized carbons (Fsp3) is 0.391. The van der Waals surface area contributed by atoms with Gasteiger partial charge in [-0.25, -0.2) is 9.86 Å². The normalized spacial score (nSPS) is 12.3. The van der Waals surface area contributed by atoms with Crippen molar-refractivity contribution in [2.75, 3.05) is 14.2 Å². The molecule has 0 spiro atoms. The van der Waals surface area contributed by atoms with Gasteiger partial charge in [-0.3, -0.25) is 9.63 Å². The largest absolute Gasteiger partial charge is 0.444 e. The van der Waals surface area contributed by atoms with Gasteiger partial charge < -0.3 is 10.1 Å². The molecule has 0 saturated heterocycles. The lowest BCUT2D eigenvalue weighted by Crippen LogP contribution is -2.49. The third kappa shape index (κ3) is 6.91. The highest BCUT2D eigenvalue weighted by molar-refractivity contribution is 5.85. The summed E-state index contributed by atoms with van der Waals surface area (Å²) in [5.74, 6) is -0.443. The van der Waals surface area contributed by atoms with E-state index in [1.54, 1.807) is 20.8 Å². The van der Waals surface area contributed by atoms with Crippen LogP contribution in [0.2, 0.25) is 0 Å². The highest BCUT2D eigenvalue weighted by Gasteiger charge is 2.30. The molecule has 0 fully saturated rings. The number of likely N-dealkylation sites (N-methyl/N-ethyl adjacent to an activating group) is 1. The first-order valence-corrected chi connectivity index (χ1v) is 9.62. The number of amides is 2. The quantitative estimate of drug-likeness (QED) is 0.713. The second-order valence-corrected chi connectivity index (χ2v) is 7.83. The predicted molar refractivity (Wildman–Crippen MR) is 112 cm³/mol. The maximum Gasteiger partial charge on any atom is 0.408 e. The zero-order chi connectivity index (χ0) is 21.4. The number of nitrogens with zero attached hydrogens (tertiary/aromatic N) is 1. The van der Waals surface area contributed by atoms with E-state index in [9.17, 15) is 9.59 Å². The number of ether oxygens (including phenoxy) is 1. The summed E-state index contributed by atoms with van der Waals surface area (Å²) >= 11 is 0. The molecule has 0 bridgehead atoms. The lowest BCUT2D eigenvalue weighted by atomic mass is 9.85. The van der Waals surface area contributed by atoms with Gasteiger partial charge in [0.15, 0.2) is 0 Å². The van der Waals surface area contributed by atoms with Gasteiger partial charge in [-0.15, -0.1) is 0 Å². The Bertz CT molecular complexity index is 748. The van der Waals surface area contributed by atoms with Crippen LogP contribution < -0.4 is 5.32 Å². The van der Waals surface area contributed by atoms with Crippen LogP contribution in [0.3, 0.4) is 0 Å². The maximum atomic E-state index is 12.9. The lowest BCUT2D eigenvalue weighted by molar-refractivity contribution is -0.171. The third-order valence-electron chi connectivity index (χ3n) is 4.45.